The van der Waals surface area contributed by atoms with Crippen LogP contribution in [0.2, 0.25) is 0 Å². The highest BCUT2D eigenvalue weighted by atomic mass is 16.5. The number of aromatic nitrogens is 2. The van der Waals surface area contributed by atoms with E-state index in [0.29, 0.717) is 11.3 Å². The van der Waals surface area contributed by atoms with E-state index in [2.05, 4.69) is 4.98 Å². The van der Waals surface area contributed by atoms with Gasteiger partial charge in [-0.1, -0.05) is 36.4 Å². The summed E-state index contributed by atoms with van der Waals surface area (Å²) in [7, 11) is 0. The summed E-state index contributed by atoms with van der Waals surface area (Å²) in [4.78, 5) is 29.1. The van der Waals surface area contributed by atoms with E-state index in [1.54, 1.807) is 12.3 Å². The molecule has 0 radical (unpaired) electrons. The van der Waals surface area contributed by atoms with Gasteiger partial charge >= 0.3 is 5.97 Å². The van der Waals surface area contributed by atoms with Crippen molar-refractivity contribution in [2.24, 2.45) is 0 Å². The maximum Gasteiger partial charge on any atom is 0.316 e. The van der Waals surface area contributed by atoms with Gasteiger partial charge in [0.05, 0.1) is 11.1 Å². The van der Waals surface area contributed by atoms with Crippen LogP contribution >= 0.6 is 0 Å². The lowest BCUT2D eigenvalue weighted by Gasteiger charge is -2.23. The van der Waals surface area contributed by atoms with Crippen LogP contribution < -0.4 is 5.56 Å². The molecule has 0 aliphatic rings. The van der Waals surface area contributed by atoms with Crippen LogP contribution in [0.3, 0.4) is 0 Å². The van der Waals surface area contributed by atoms with E-state index in [4.69, 9.17) is 4.74 Å². The lowest BCUT2D eigenvalue weighted by molar-refractivity contribution is -0.150. The molecule has 3 rings (SSSR count). The Bertz CT molecular complexity index is 975. The molecule has 0 saturated carbocycles. The maximum atomic E-state index is 12.5. The number of rotatable bonds is 4. The normalized spacial score (nSPS) is 11.5. The molecule has 128 valence electrons. The SMILES string of the molecule is Cc1ccc2nc(COC(=O)C(C)(C)c3ccccc3)cc(=O)n2c1. The zero-order valence-electron chi connectivity index (χ0n) is 14.5. The van der Waals surface area contributed by atoms with Gasteiger partial charge in [-0.05, 0) is 38.0 Å². The second kappa shape index (κ2) is 6.51. The first-order valence-corrected chi connectivity index (χ1v) is 8.09. The summed E-state index contributed by atoms with van der Waals surface area (Å²) in [6.45, 7) is 5.51. The molecule has 2 aromatic heterocycles. The summed E-state index contributed by atoms with van der Waals surface area (Å²) in [5, 5.41) is 0. The number of ether oxygens (including phenoxy) is 1. The standard InChI is InChI=1S/C20H20N2O3/c1-14-9-10-17-21-16(11-18(23)22(17)12-14)13-25-19(24)20(2,3)15-7-5-4-6-8-15/h4-12H,13H2,1-3H3. The number of nitrogens with zero attached hydrogens (tertiary/aromatic N) is 2. The quantitative estimate of drug-likeness (QED) is 0.687. The summed E-state index contributed by atoms with van der Waals surface area (Å²) in [6.07, 6.45) is 1.74. The van der Waals surface area contributed by atoms with E-state index in [1.165, 1.54) is 10.5 Å². The van der Waals surface area contributed by atoms with Gasteiger partial charge in [-0.25, -0.2) is 4.98 Å². The van der Waals surface area contributed by atoms with Crippen LogP contribution in [0.25, 0.3) is 5.65 Å². The summed E-state index contributed by atoms with van der Waals surface area (Å²) < 4.78 is 6.91. The summed E-state index contributed by atoms with van der Waals surface area (Å²) in [5.41, 5.74) is 1.85. The minimum Gasteiger partial charge on any atom is -0.459 e. The zero-order chi connectivity index (χ0) is 18.0. The fraction of sp³-hybridized carbons (Fsp3) is 0.250. The van der Waals surface area contributed by atoms with Gasteiger partial charge in [0, 0.05) is 12.3 Å². The van der Waals surface area contributed by atoms with E-state index < -0.39 is 5.41 Å². The molecule has 3 aromatic rings. The van der Waals surface area contributed by atoms with E-state index in [-0.39, 0.29) is 18.1 Å². The van der Waals surface area contributed by atoms with Gasteiger partial charge in [0.2, 0.25) is 0 Å². The summed E-state index contributed by atoms with van der Waals surface area (Å²) in [5.74, 6) is -0.357. The molecule has 5 heteroatoms. The molecule has 25 heavy (non-hydrogen) atoms. The van der Waals surface area contributed by atoms with Gasteiger partial charge in [-0.15, -0.1) is 0 Å². The third kappa shape index (κ3) is 3.45. The van der Waals surface area contributed by atoms with Gasteiger partial charge in [0.25, 0.3) is 5.56 Å². The molecule has 0 amide bonds. The Hall–Kier alpha value is -2.95. The van der Waals surface area contributed by atoms with E-state index >= 15 is 0 Å². The van der Waals surface area contributed by atoms with Crippen molar-refractivity contribution in [1.29, 1.82) is 0 Å². The second-order valence-corrected chi connectivity index (χ2v) is 6.59. The van der Waals surface area contributed by atoms with Gasteiger partial charge in [-0.3, -0.25) is 14.0 Å². The smallest absolute Gasteiger partial charge is 0.316 e. The molecule has 5 nitrogen and oxygen atoms in total. The zero-order valence-corrected chi connectivity index (χ0v) is 14.5. The molecule has 0 aliphatic carbocycles. The molecule has 1 aromatic carbocycles. The number of carbonyl (C=O) groups is 1. The number of hydrogen-bond donors (Lipinski definition) is 0. The fourth-order valence-electron chi connectivity index (χ4n) is 2.62. The number of fused-ring (bicyclic) bond motifs is 1. The van der Waals surface area contributed by atoms with Crippen LogP contribution in [0.5, 0.6) is 0 Å². The number of pyridine rings is 1. The lowest BCUT2D eigenvalue weighted by atomic mass is 9.85. The Balaban J connectivity index is 1.79. The van der Waals surface area contributed by atoms with Crippen LogP contribution in [-0.2, 0) is 21.6 Å². The highest BCUT2D eigenvalue weighted by Crippen LogP contribution is 2.24. The number of aryl methyl sites for hydroxylation is 1. The molecule has 0 N–H and O–H groups in total. The largest absolute Gasteiger partial charge is 0.459 e. The van der Waals surface area contributed by atoms with E-state index in [1.807, 2.05) is 57.2 Å². The Labute approximate surface area is 145 Å². The third-order valence-corrected chi connectivity index (χ3v) is 4.22. The Kier molecular flexibility index (Phi) is 4.40. The van der Waals surface area contributed by atoms with Crippen molar-refractivity contribution in [1.82, 2.24) is 9.38 Å². The average molecular weight is 336 g/mol. The van der Waals surface area contributed by atoms with Gasteiger partial charge in [-0.2, -0.15) is 0 Å². The predicted molar refractivity (Wildman–Crippen MR) is 95.5 cm³/mol. The fourth-order valence-corrected chi connectivity index (χ4v) is 2.62. The van der Waals surface area contributed by atoms with Gasteiger partial charge in [0.15, 0.2) is 0 Å². The van der Waals surface area contributed by atoms with Crippen LogP contribution in [-0.4, -0.2) is 15.4 Å². The number of benzene rings is 1. The Morgan fingerprint density at radius 2 is 1.88 bits per heavy atom. The van der Waals surface area contributed by atoms with Crippen molar-refractivity contribution in [3.63, 3.8) is 0 Å². The topological polar surface area (TPSA) is 60.7 Å². The van der Waals surface area contributed by atoms with Crippen LogP contribution in [0.15, 0.2) is 59.5 Å². The average Bonchev–Trinajstić information content (AvgIpc) is 2.61. The lowest BCUT2D eigenvalue weighted by Crippen LogP contribution is -2.31. The van der Waals surface area contributed by atoms with Crippen molar-refractivity contribution in [3.8, 4) is 0 Å². The Morgan fingerprint density at radius 3 is 2.60 bits per heavy atom. The molecule has 0 fully saturated rings. The summed E-state index contributed by atoms with van der Waals surface area (Å²) in [6, 6.07) is 14.5. The van der Waals surface area contributed by atoms with E-state index in [9.17, 15) is 9.59 Å². The van der Waals surface area contributed by atoms with Gasteiger partial charge in [0.1, 0.15) is 12.3 Å². The van der Waals surface area contributed by atoms with Gasteiger partial charge < -0.3 is 4.74 Å². The maximum absolute atomic E-state index is 12.5. The Morgan fingerprint density at radius 1 is 1.16 bits per heavy atom. The van der Waals surface area contributed by atoms with Crippen molar-refractivity contribution < 1.29 is 9.53 Å². The third-order valence-electron chi connectivity index (χ3n) is 4.22. The molecular weight excluding hydrogens is 316 g/mol. The van der Waals surface area contributed by atoms with Crippen molar-refractivity contribution in [2.75, 3.05) is 0 Å². The monoisotopic (exact) mass is 336 g/mol. The molecular formula is C20H20N2O3. The predicted octanol–water partition coefficient (Wildman–Crippen LogP) is 3.02. The van der Waals surface area contributed by atoms with E-state index in [0.717, 1.165) is 11.1 Å². The number of esters is 1. The second-order valence-electron chi connectivity index (χ2n) is 6.59. The van der Waals surface area contributed by atoms with Crippen molar-refractivity contribution in [2.45, 2.75) is 32.8 Å². The molecule has 0 bridgehead atoms. The van der Waals surface area contributed by atoms with Crippen molar-refractivity contribution >= 4 is 11.6 Å². The first-order valence-electron chi connectivity index (χ1n) is 8.09. The minimum atomic E-state index is -0.774. The van der Waals surface area contributed by atoms with Crippen LogP contribution in [0.1, 0.15) is 30.7 Å². The first kappa shape index (κ1) is 16.9. The molecule has 0 saturated heterocycles. The minimum absolute atomic E-state index is 0.0330. The summed E-state index contributed by atoms with van der Waals surface area (Å²) >= 11 is 0. The number of hydrogen-bond acceptors (Lipinski definition) is 4. The highest BCUT2D eigenvalue weighted by molar-refractivity contribution is 5.82. The first-order chi connectivity index (χ1) is 11.9. The molecule has 0 aliphatic heterocycles. The molecule has 0 atom stereocenters. The van der Waals surface area contributed by atoms with Crippen LogP contribution in [0.4, 0.5) is 0 Å². The molecule has 2 heterocycles. The molecule has 0 spiro atoms. The number of carbonyl (C=O) groups excluding carboxylic acids is 1. The highest BCUT2D eigenvalue weighted by Gasteiger charge is 2.31. The van der Waals surface area contributed by atoms with Crippen molar-refractivity contribution in [3.05, 3.63) is 81.9 Å². The van der Waals surface area contributed by atoms with Crippen LogP contribution in [0, 0.1) is 6.92 Å². The molecule has 0 unspecified atom stereocenters.